The third kappa shape index (κ3) is 7.16. The molecule has 0 aliphatic carbocycles. The lowest BCUT2D eigenvalue weighted by Crippen LogP contribution is -2.26. The van der Waals surface area contributed by atoms with Crippen LogP contribution in [0.15, 0.2) is 72.8 Å². The fraction of sp³-hybridized carbons (Fsp3) is 0.258. The maximum Gasteiger partial charge on any atom is 0.586 e. The number of rotatable bonds is 7. The number of nitrogens with zero attached hydrogens (tertiary/aromatic N) is 3. The fourth-order valence-electron chi connectivity index (χ4n) is 4.25. The normalized spacial score (nSPS) is 13.8. The Labute approximate surface area is 253 Å². The molecular formula is C31H26F5N3O6. The van der Waals surface area contributed by atoms with Crippen molar-refractivity contribution >= 4 is 17.6 Å². The minimum absolute atomic E-state index is 0.0609. The molecule has 0 saturated heterocycles. The van der Waals surface area contributed by atoms with Crippen molar-refractivity contribution in [2.24, 2.45) is 0 Å². The molecule has 0 radical (unpaired) electrons. The third-order valence-electron chi connectivity index (χ3n) is 6.36. The molecule has 0 N–H and O–H groups in total. The molecule has 0 bridgehead atoms. The minimum atomic E-state index is -4.79. The van der Waals surface area contributed by atoms with E-state index in [2.05, 4.69) is 14.6 Å². The zero-order valence-corrected chi connectivity index (χ0v) is 24.3. The van der Waals surface area contributed by atoms with E-state index < -0.39 is 35.6 Å². The Kier molecular flexibility index (Phi) is 7.94. The van der Waals surface area contributed by atoms with Crippen molar-refractivity contribution in [1.29, 1.82) is 0 Å². The van der Waals surface area contributed by atoms with Crippen molar-refractivity contribution in [3.8, 4) is 23.1 Å². The van der Waals surface area contributed by atoms with Gasteiger partial charge in [-0.2, -0.15) is 18.3 Å². The number of hydrogen-bond acceptors (Lipinski definition) is 7. The molecule has 4 aromatic rings. The van der Waals surface area contributed by atoms with Crippen molar-refractivity contribution in [2.45, 2.75) is 45.5 Å². The Morgan fingerprint density at radius 2 is 1.60 bits per heavy atom. The van der Waals surface area contributed by atoms with Gasteiger partial charge in [0.15, 0.2) is 17.2 Å². The smallest absolute Gasteiger partial charge is 0.473 e. The van der Waals surface area contributed by atoms with Gasteiger partial charge in [-0.3, -0.25) is 4.79 Å². The summed E-state index contributed by atoms with van der Waals surface area (Å²) in [6.07, 6.45) is -8.62. The summed E-state index contributed by atoms with van der Waals surface area (Å²) in [5, 5.41) is 3.67. The number of benzene rings is 3. The molecule has 1 amide bonds. The van der Waals surface area contributed by atoms with Crippen LogP contribution >= 0.6 is 0 Å². The summed E-state index contributed by atoms with van der Waals surface area (Å²) in [4.78, 5) is 26.7. The standard InChI is InChI=1S/C31H26F5N3O6/c1-29(2,3)45-28(41)19-10-8-18(9-11-19)17-42-26-16-25(30(32,33)34)37-39(26)22-7-5-6-20(14-22)27(40)38(4)21-12-13-23-24(15-21)44-31(35,36)43-23/h5-16H,17H2,1-4H3. The maximum absolute atomic E-state index is 13.6. The molecule has 0 fully saturated rings. The molecular weight excluding hydrogens is 605 g/mol. The molecule has 1 aromatic heterocycles. The van der Waals surface area contributed by atoms with Crippen molar-refractivity contribution in [3.05, 3.63) is 95.2 Å². The van der Waals surface area contributed by atoms with E-state index in [1.54, 1.807) is 32.9 Å². The summed E-state index contributed by atoms with van der Waals surface area (Å²) in [6, 6.07) is 16.4. The zero-order valence-electron chi connectivity index (χ0n) is 24.3. The first-order chi connectivity index (χ1) is 21.0. The van der Waals surface area contributed by atoms with E-state index in [0.717, 1.165) is 15.6 Å². The second-order valence-corrected chi connectivity index (χ2v) is 11.0. The number of fused-ring (bicyclic) bond motifs is 1. The number of hydrogen-bond donors (Lipinski definition) is 0. The van der Waals surface area contributed by atoms with Crippen LogP contribution in [0.3, 0.4) is 0 Å². The Bertz CT molecular complexity index is 1750. The number of esters is 1. The van der Waals surface area contributed by atoms with Gasteiger partial charge in [0.1, 0.15) is 12.2 Å². The summed E-state index contributed by atoms with van der Waals surface area (Å²) in [5.74, 6) is -1.84. The number of ether oxygens (including phenoxy) is 4. The minimum Gasteiger partial charge on any atom is -0.473 e. The van der Waals surface area contributed by atoms with Crippen LogP contribution < -0.4 is 19.1 Å². The van der Waals surface area contributed by atoms with Crippen molar-refractivity contribution in [3.63, 3.8) is 0 Å². The molecule has 1 aliphatic rings. The van der Waals surface area contributed by atoms with Gasteiger partial charge in [0.25, 0.3) is 5.91 Å². The number of carbonyl (C=O) groups is 2. The number of halogens is 5. The Balaban J connectivity index is 1.37. The summed E-state index contributed by atoms with van der Waals surface area (Å²) in [7, 11) is 1.39. The van der Waals surface area contributed by atoms with Gasteiger partial charge in [0, 0.05) is 30.4 Å². The van der Waals surface area contributed by atoms with E-state index in [1.165, 1.54) is 61.6 Å². The van der Waals surface area contributed by atoms with Gasteiger partial charge in [-0.15, -0.1) is 8.78 Å². The van der Waals surface area contributed by atoms with Gasteiger partial charge in [-0.25, -0.2) is 9.48 Å². The van der Waals surface area contributed by atoms with E-state index in [4.69, 9.17) is 9.47 Å². The number of aromatic nitrogens is 2. The van der Waals surface area contributed by atoms with Gasteiger partial charge >= 0.3 is 18.4 Å². The van der Waals surface area contributed by atoms with Crippen LogP contribution in [0.5, 0.6) is 17.4 Å². The summed E-state index contributed by atoms with van der Waals surface area (Å²) < 4.78 is 88.5. The Hall–Kier alpha value is -5.14. The fourth-order valence-corrected chi connectivity index (χ4v) is 4.25. The van der Waals surface area contributed by atoms with Gasteiger partial charge < -0.3 is 23.8 Å². The van der Waals surface area contributed by atoms with Crippen LogP contribution in [0, 0.1) is 0 Å². The number of carbonyl (C=O) groups excluding carboxylic acids is 2. The van der Waals surface area contributed by atoms with Crippen molar-refractivity contribution < 1.29 is 50.5 Å². The third-order valence-corrected chi connectivity index (χ3v) is 6.36. The second kappa shape index (κ2) is 11.4. The van der Waals surface area contributed by atoms with Crippen LogP contribution in [0.25, 0.3) is 5.69 Å². The van der Waals surface area contributed by atoms with E-state index in [1.807, 2.05) is 0 Å². The quantitative estimate of drug-likeness (QED) is 0.160. The molecule has 0 saturated carbocycles. The maximum atomic E-state index is 13.6. The highest BCUT2D eigenvalue weighted by molar-refractivity contribution is 6.06. The van der Waals surface area contributed by atoms with Gasteiger partial charge in [0.2, 0.25) is 5.88 Å². The zero-order chi connectivity index (χ0) is 32.7. The monoisotopic (exact) mass is 631 g/mol. The molecule has 5 rings (SSSR count). The number of anilines is 1. The predicted octanol–water partition coefficient (Wildman–Crippen LogP) is 7.02. The summed E-state index contributed by atoms with van der Waals surface area (Å²) >= 11 is 0. The first-order valence-corrected chi connectivity index (χ1v) is 13.4. The lowest BCUT2D eigenvalue weighted by Gasteiger charge is -2.19. The Morgan fingerprint density at radius 1 is 0.911 bits per heavy atom. The van der Waals surface area contributed by atoms with E-state index >= 15 is 0 Å². The summed E-state index contributed by atoms with van der Waals surface area (Å²) in [5.41, 5.74) is -0.707. The highest BCUT2D eigenvalue weighted by Gasteiger charge is 2.43. The van der Waals surface area contributed by atoms with Crippen LogP contribution in [0.1, 0.15) is 52.7 Å². The molecule has 1 aliphatic heterocycles. The molecule has 14 heteroatoms. The number of alkyl halides is 5. The van der Waals surface area contributed by atoms with Crippen molar-refractivity contribution in [2.75, 3.05) is 11.9 Å². The Morgan fingerprint density at radius 3 is 2.27 bits per heavy atom. The summed E-state index contributed by atoms with van der Waals surface area (Å²) in [6.45, 7) is 5.04. The average Bonchev–Trinajstić information content (AvgIpc) is 3.54. The van der Waals surface area contributed by atoms with Gasteiger partial charge in [-0.1, -0.05) is 18.2 Å². The highest BCUT2D eigenvalue weighted by Crippen LogP contribution is 2.43. The molecule has 0 atom stereocenters. The first kappa shape index (κ1) is 31.3. The second-order valence-electron chi connectivity index (χ2n) is 11.0. The topological polar surface area (TPSA) is 92.1 Å². The SMILES string of the molecule is CN(C(=O)c1cccc(-n2nc(C(F)(F)F)cc2OCc2ccc(C(=O)OC(C)(C)C)cc2)c1)c1ccc2c(c1)OC(F)(F)O2. The van der Waals surface area contributed by atoms with E-state index in [9.17, 15) is 31.5 Å². The molecule has 9 nitrogen and oxygen atoms in total. The van der Waals surface area contributed by atoms with E-state index in [-0.39, 0.29) is 40.9 Å². The first-order valence-electron chi connectivity index (χ1n) is 13.4. The van der Waals surface area contributed by atoms with Gasteiger partial charge in [0.05, 0.1) is 11.3 Å². The highest BCUT2D eigenvalue weighted by atomic mass is 19.4. The van der Waals surface area contributed by atoms with Crippen LogP contribution in [-0.4, -0.2) is 40.6 Å². The lowest BCUT2D eigenvalue weighted by molar-refractivity contribution is -0.286. The predicted molar refractivity (Wildman–Crippen MR) is 150 cm³/mol. The molecule has 3 aromatic carbocycles. The van der Waals surface area contributed by atoms with Crippen LogP contribution in [0.4, 0.5) is 27.6 Å². The number of amides is 1. The molecule has 0 unspecified atom stereocenters. The van der Waals surface area contributed by atoms with Crippen LogP contribution in [-0.2, 0) is 17.5 Å². The molecule has 236 valence electrons. The van der Waals surface area contributed by atoms with E-state index in [0.29, 0.717) is 11.1 Å². The molecule has 0 spiro atoms. The molecule has 45 heavy (non-hydrogen) atoms. The van der Waals surface area contributed by atoms with Crippen molar-refractivity contribution in [1.82, 2.24) is 9.78 Å². The average molecular weight is 632 g/mol. The lowest BCUT2D eigenvalue weighted by atomic mass is 10.1. The molecule has 2 heterocycles. The van der Waals surface area contributed by atoms with Crippen LogP contribution in [0.2, 0.25) is 0 Å². The largest absolute Gasteiger partial charge is 0.586 e. The van der Waals surface area contributed by atoms with Gasteiger partial charge in [-0.05, 0) is 68.8 Å².